The summed E-state index contributed by atoms with van der Waals surface area (Å²) in [5.41, 5.74) is 1.73. The van der Waals surface area contributed by atoms with Crippen molar-refractivity contribution in [2.75, 3.05) is 27.2 Å². The normalized spacial score (nSPS) is 16.5. The summed E-state index contributed by atoms with van der Waals surface area (Å²) in [6, 6.07) is 4.00. The second-order valence-electron chi connectivity index (χ2n) is 6.91. The van der Waals surface area contributed by atoms with Crippen molar-refractivity contribution in [3.05, 3.63) is 45.0 Å². The number of amides is 1. The summed E-state index contributed by atoms with van der Waals surface area (Å²) in [5, 5.41) is 2.12. The number of carbonyl (C=O) groups excluding carboxylic acids is 2. The van der Waals surface area contributed by atoms with E-state index >= 15 is 0 Å². The third-order valence-corrected chi connectivity index (χ3v) is 6.00. The molecule has 1 aliphatic heterocycles. The largest absolute Gasteiger partial charge is 0.465 e. The lowest BCUT2D eigenvalue weighted by Gasteiger charge is -2.36. The lowest BCUT2D eigenvalue weighted by atomic mass is 9.97. The first-order chi connectivity index (χ1) is 12.9. The minimum Gasteiger partial charge on any atom is -0.465 e. The molecule has 0 saturated carbocycles. The Morgan fingerprint density at radius 3 is 2.93 bits per heavy atom. The van der Waals surface area contributed by atoms with Crippen LogP contribution in [-0.2, 0) is 22.5 Å². The van der Waals surface area contributed by atoms with E-state index in [2.05, 4.69) is 18.4 Å². The molecule has 3 heterocycles. The third kappa shape index (κ3) is 4.09. The Hall–Kier alpha value is -2.12. The Balaban J connectivity index is 1.63. The standard InChI is InChI=1S/C20H26N2O4S/c1-5-17-15-7-9-27-18(15)6-8-22(17)19(23)12-21(3)11-14-10-16(13(2)26-14)20(24)25-4/h7,9-10,17H,5-6,8,11-12H2,1-4H3. The van der Waals surface area contributed by atoms with Crippen LogP contribution in [0, 0.1) is 6.92 Å². The highest BCUT2D eigenvalue weighted by Crippen LogP contribution is 2.35. The number of hydrogen-bond acceptors (Lipinski definition) is 6. The Morgan fingerprint density at radius 2 is 2.22 bits per heavy atom. The maximum atomic E-state index is 12.9. The van der Waals surface area contributed by atoms with Gasteiger partial charge in [0.1, 0.15) is 17.1 Å². The average Bonchev–Trinajstić information content (AvgIpc) is 3.26. The number of carbonyl (C=O) groups is 2. The lowest BCUT2D eigenvalue weighted by molar-refractivity contribution is -0.135. The number of rotatable bonds is 6. The fraction of sp³-hybridized carbons (Fsp3) is 0.500. The minimum atomic E-state index is -0.410. The molecule has 2 aromatic heterocycles. The topological polar surface area (TPSA) is 63.0 Å². The number of thiophene rings is 1. The molecule has 0 fully saturated rings. The van der Waals surface area contributed by atoms with Crippen LogP contribution in [0.3, 0.4) is 0 Å². The van der Waals surface area contributed by atoms with Gasteiger partial charge in [0, 0.05) is 11.4 Å². The quantitative estimate of drug-likeness (QED) is 0.708. The molecule has 1 amide bonds. The molecule has 0 aromatic carbocycles. The number of aryl methyl sites for hydroxylation is 1. The molecule has 0 radical (unpaired) electrons. The first-order valence-electron chi connectivity index (χ1n) is 9.16. The van der Waals surface area contributed by atoms with E-state index in [0.717, 1.165) is 19.4 Å². The van der Waals surface area contributed by atoms with Crippen LogP contribution in [0.5, 0.6) is 0 Å². The predicted molar refractivity (Wildman–Crippen MR) is 104 cm³/mol. The van der Waals surface area contributed by atoms with Gasteiger partial charge in [0.15, 0.2) is 0 Å². The van der Waals surface area contributed by atoms with Gasteiger partial charge in [-0.05, 0) is 49.9 Å². The molecule has 146 valence electrons. The number of fused-ring (bicyclic) bond motifs is 1. The van der Waals surface area contributed by atoms with Gasteiger partial charge >= 0.3 is 5.97 Å². The molecule has 6 nitrogen and oxygen atoms in total. The number of esters is 1. The predicted octanol–water partition coefficient (Wildman–Crippen LogP) is 3.40. The molecule has 3 rings (SSSR count). The second kappa shape index (κ2) is 8.27. The van der Waals surface area contributed by atoms with Crippen molar-refractivity contribution in [3.8, 4) is 0 Å². The van der Waals surface area contributed by atoms with E-state index < -0.39 is 5.97 Å². The zero-order valence-corrected chi connectivity index (χ0v) is 17.1. The van der Waals surface area contributed by atoms with Crippen LogP contribution in [0.15, 0.2) is 21.9 Å². The van der Waals surface area contributed by atoms with E-state index in [4.69, 9.17) is 9.15 Å². The van der Waals surface area contributed by atoms with Gasteiger partial charge in [-0.3, -0.25) is 9.69 Å². The highest BCUT2D eigenvalue weighted by atomic mass is 32.1. The van der Waals surface area contributed by atoms with Crippen molar-refractivity contribution in [1.82, 2.24) is 9.80 Å². The summed E-state index contributed by atoms with van der Waals surface area (Å²) in [5.74, 6) is 0.891. The molecule has 7 heteroatoms. The van der Waals surface area contributed by atoms with Crippen LogP contribution in [0.1, 0.15) is 51.7 Å². The Kier molecular flexibility index (Phi) is 6.01. The van der Waals surface area contributed by atoms with Crippen LogP contribution in [0.25, 0.3) is 0 Å². The monoisotopic (exact) mass is 390 g/mol. The van der Waals surface area contributed by atoms with E-state index in [-0.39, 0.29) is 11.9 Å². The fourth-order valence-electron chi connectivity index (χ4n) is 3.71. The maximum absolute atomic E-state index is 12.9. The average molecular weight is 391 g/mol. The van der Waals surface area contributed by atoms with Gasteiger partial charge < -0.3 is 14.1 Å². The first-order valence-corrected chi connectivity index (χ1v) is 10.0. The van der Waals surface area contributed by atoms with E-state index in [0.29, 0.717) is 30.2 Å². The van der Waals surface area contributed by atoms with Gasteiger partial charge in [0.05, 0.1) is 26.2 Å². The van der Waals surface area contributed by atoms with Crippen molar-refractivity contribution in [1.29, 1.82) is 0 Å². The third-order valence-electron chi connectivity index (χ3n) is 5.01. The summed E-state index contributed by atoms with van der Waals surface area (Å²) in [7, 11) is 3.23. The van der Waals surface area contributed by atoms with Crippen LogP contribution in [0.2, 0.25) is 0 Å². The summed E-state index contributed by atoms with van der Waals surface area (Å²) < 4.78 is 10.4. The van der Waals surface area contributed by atoms with E-state index in [9.17, 15) is 9.59 Å². The van der Waals surface area contributed by atoms with E-state index in [1.54, 1.807) is 24.3 Å². The van der Waals surface area contributed by atoms with E-state index in [1.165, 1.54) is 17.6 Å². The van der Waals surface area contributed by atoms with Gasteiger partial charge in [-0.25, -0.2) is 4.79 Å². The molecule has 0 spiro atoms. The SMILES string of the molecule is CCC1c2ccsc2CCN1C(=O)CN(C)Cc1cc(C(=O)OC)c(C)o1. The van der Waals surface area contributed by atoms with Crippen molar-refractivity contribution in [2.45, 2.75) is 39.3 Å². The molecule has 0 saturated heterocycles. The van der Waals surface area contributed by atoms with Gasteiger partial charge in [-0.15, -0.1) is 11.3 Å². The molecular formula is C20H26N2O4S. The molecule has 27 heavy (non-hydrogen) atoms. The molecule has 0 aliphatic carbocycles. The maximum Gasteiger partial charge on any atom is 0.341 e. The second-order valence-corrected chi connectivity index (χ2v) is 7.91. The Bertz CT molecular complexity index is 826. The molecule has 1 unspecified atom stereocenters. The number of ether oxygens (including phenoxy) is 1. The molecule has 0 bridgehead atoms. The first kappa shape index (κ1) is 19.6. The van der Waals surface area contributed by atoms with Crippen molar-refractivity contribution in [2.24, 2.45) is 0 Å². The Morgan fingerprint density at radius 1 is 1.44 bits per heavy atom. The fourth-order valence-corrected chi connectivity index (χ4v) is 4.64. The van der Waals surface area contributed by atoms with Gasteiger partial charge in [-0.1, -0.05) is 6.92 Å². The number of methoxy groups -OCH3 is 1. The van der Waals surface area contributed by atoms with Crippen molar-refractivity contribution < 1.29 is 18.7 Å². The van der Waals surface area contributed by atoms with Crippen LogP contribution < -0.4 is 0 Å². The molecule has 2 aromatic rings. The van der Waals surface area contributed by atoms with Gasteiger partial charge in [0.25, 0.3) is 0 Å². The highest BCUT2D eigenvalue weighted by molar-refractivity contribution is 7.10. The lowest BCUT2D eigenvalue weighted by Crippen LogP contribution is -2.43. The number of hydrogen-bond donors (Lipinski definition) is 0. The van der Waals surface area contributed by atoms with E-state index in [1.807, 2.05) is 16.8 Å². The zero-order valence-electron chi connectivity index (χ0n) is 16.3. The summed E-state index contributed by atoms with van der Waals surface area (Å²) >= 11 is 1.78. The van der Waals surface area contributed by atoms with Crippen LogP contribution >= 0.6 is 11.3 Å². The molecule has 1 aliphatic rings. The van der Waals surface area contributed by atoms with Gasteiger partial charge in [-0.2, -0.15) is 0 Å². The van der Waals surface area contributed by atoms with Crippen molar-refractivity contribution >= 4 is 23.2 Å². The smallest absolute Gasteiger partial charge is 0.341 e. The summed E-state index contributed by atoms with van der Waals surface area (Å²) in [6.07, 6.45) is 1.85. The van der Waals surface area contributed by atoms with Gasteiger partial charge in [0.2, 0.25) is 5.91 Å². The summed E-state index contributed by atoms with van der Waals surface area (Å²) in [4.78, 5) is 29.9. The van der Waals surface area contributed by atoms with Crippen molar-refractivity contribution in [3.63, 3.8) is 0 Å². The molecular weight excluding hydrogens is 364 g/mol. The number of nitrogens with zero attached hydrogens (tertiary/aromatic N) is 2. The van der Waals surface area contributed by atoms with Crippen LogP contribution in [-0.4, -0.2) is 48.9 Å². The highest BCUT2D eigenvalue weighted by Gasteiger charge is 2.30. The summed E-state index contributed by atoms with van der Waals surface area (Å²) in [6.45, 7) is 5.40. The molecule has 1 atom stereocenters. The molecule has 0 N–H and O–H groups in total. The minimum absolute atomic E-state index is 0.123. The number of furan rings is 1. The van der Waals surface area contributed by atoms with Crippen LogP contribution in [0.4, 0.5) is 0 Å². The number of likely N-dealkylation sites (N-methyl/N-ethyl adjacent to an activating group) is 1. The zero-order chi connectivity index (χ0) is 19.6. The Labute approximate surface area is 163 Å².